The highest BCUT2D eigenvalue weighted by Gasteiger charge is 2.32. The molecule has 2 aromatic rings. The zero-order valence-corrected chi connectivity index (χ0v) is 19.8. The lowest BCUT2D eigenvalue weighted by Crippen LogP contribution is -2.50. The number of amides is 2. The van der Waals surface area contributed by atoms with Crippen LogP contribution in [0.2, 0.25) is 0 Å². The van der Waals surface area contributed by atoms with Crippen molar-refractivity contribution in [3.63, 3.8) is 0 Å². The van der Waals surface area contributed by atoms with E-state index < -0.39 is 23.3 Å². The largest absolute Gasteiger partial charge is 0.489 e. The molecule has 1 aromatic heterocycles. The molecular formula is C22H31N5O6. The fraction of sp³-hybridized carbons (Fsp3) is 0.545. The first kappa shape index (κ1) is 24.3. The number of alkyl carbamates (subject to hydrolysis) is 1. The maximum atomic E-state index is 12.9. The molecule has 2 heterocycles. The second-order valence-corrected chi connectivity index (χ2v) is 9.55. The van der Waals surface area contributed by atoms with Gasteiger partial charge >= 0.3 is 6.09 Å². The van der Waals surface area contributed by atoms with E-state index in [0.717, 1.165) is 0 Å². The van der Waals surface area contributed by atoms with E-state index in [2.05, 4.69) is 15.6 Å². The standard InChI is InChI=1S/C22H31N5O6/c1-21(2,3)33-20(29)23-16-12-32-18-8-7-15(9-17(18)26(6)19(16)28)31-11-14-10-27(25-24-14)13-22(4,5)30/h7-10,16,30H,11-13H2,1-6H3,(H,23,29)/t16-/m0/s1. The smallest absolute Gasteiger partial charge is 0.408 e. The highest BCUT2D eigenvalue weighted by atomic mass is 16.6. The molecule has 0 aliphatic carbocycles. The molecule has 1 aliphatic rings. The van der Waals surface area contributed by atoms with Gasteiger partial charge in [0.1, 0.15) is 42.0 Å². The number of benzene rings is 1. The summed E-state index contributed by atoms with van der Waals surface area (Å²) < 4.78 is 18.4. The minimum atomic E-state index is -0.907. The topological polar surface area (TPSA) is 128 Å². The monoisotopic (exact) mass is 461 g/mol. The van der Waals surface area contributed by atoms with Crippen LogP contribution in [0.4, 0.5) is 10.5 Å². The number of fused-ring (bicyclic) bond motifs is 1. The molecule has 0 saturated heterocycles. The lowest BCUT2D eigenvalue weighted by atomic mass is 10.1. The third-order valence-corrected chi connectivity index (χ3v) is 4.54. The molecule has 2 amide bonds. The second kappa shape index (κ2) is 9.26. The van der Waals surface area contributed by atoms with Crippen molar-refractivity contribution in [3.05, 3.63) is 30.1 Å². The van der Waals surface area contributed by atoms with E-state index >= 15 is 0 Å². The van der Waals surface area contributed by atoms with Crippen LogP contribution < -0.4 is 19.7 Å². The van der Waals surface area contributed by atoms with Gasteiger partial charge in [0, 0.05) is 13.1 Å². The van der Waals surface area contributed by atoms with Crippen molar-refractivity contribution >= 4 is 17.7 Å². The van der Waals surface area contributed by atoms with Gasteiger partial charge in [0.05, 0.1) is 24.0 Å². The van der Waals surface area contributed by atoms with Crippen LogP contribution in [-0.4, -0.2) is 63.0 Å². The molecule has 1 atom stereocenters. The Kier molecular flexibility index (Phi) is 6.82. The van der Waals surface area contributed by atoms with Gasteiger partial charge in [-0.1, -0.05) is 5.21 Å². The number of ether oxygens (including phenoxy) is 3. The van der Waals surface area contributed by atoms with Gasteiger partial charge in [0.25, 0.3) is 5.91 Å². The van der Waals surface area contributed by atoms with Crippen molar-refractivity contribution in [1.82, 2.24) is 20.3 Å². The fourth-order valence-electron chi connectivity index (χ4n) is 3.16. The summed E-state index contributed by atoms with van der Waals surface area (Å²) in [6, 6.07) is 4.22. The summed E-state index contributed by atoms with van der Waals surface area (Å²) in [6.07, 6.45) is 1.01. The van der Waals surface area contributed by atoms with Gasteiger partial charge in [-0.05, 0) is 46.8 Å². The summed E-state index contributed by atoms with van der Waals surface area (Å²) in [6.45, 7) is 9.05. The Hall–Kier alpha value is -3.34. The quantitative estimate of drug-likeness (QED) is 0.667. The van der Waals surface area contributed by atoms with Gasteiger partial charge in [0.2, 0.25) is 0 Å². The minimum absolute atomic E-state index is 0.0278. The number of hydrogen-bond acceptors (Lipinski definition) is 8. The lowest BCUT2D eigenvalue weighted by molar-refractivity contribution is -0.120. The van der Waals surface area contributed by atoms with Crippen LogP contribution in [0.15, 0.2) is 24.4 Å². The number of aliphatic hydroxyl groups is 1. The molecule has 1 aliphatic heterocycles. The molecule has 180 valence electrons. The summed E-state index contributed by atoms with van der Waals surface area (Å²) >= 11 is 0. The predicted octanol–water partition coefficient (Wildman–Crippen LogP) is 1.88. The van der Waals surface area contributed by atoms with Crippen molar-refractivity contribution < 1.29 is 28.9 Å². The Labute approximate surface area is 192 Å². The Morgan fingerprint density at radius 3 is 2.70 bits per heavy atom. The maximum absolute atomic E-state index is 12.9. The second-order valence-electron chi connectivity index (χ2n) is 9.55. The third-order valence-electron chi connectivity index (χ3n) is 4.54. The molecule has 11 nitrogen and oxygen atoms in total. The number of aromatic nitrogens is 3. The predicted molar refractivity (Wildman–Crippen MR) is 119 cm³/mol. The number of nitrogens with zero attached hydrogens (tertiary/aromatic N) is 4. The molecule has 3 rings (SSSR count). The molecule has 33 heavy (non-hydrogen) atoms. The van der Waals surface area contributed by atoms with Crippen molar-refractivity contribution in [2.24, 2.45) is 0 Å². The van der Waals surface area contributed by atoms with Gasteiger partial charge in [0.15, 0.2) is 0 Å². The molecule has 2 N–H and O–H groups in total. The van der Waals surface area contributed by atoms with Gasteiger partial charge < -0.3 is 29.5 Å². The highest BCUT2D eigenvalue weighted by Crippen LogP contribution is 2.34. The average molecular weight is 462 g/mol. The Bertz CT molecular complexity index is 1010. The fourth-order valence-corrected chi connectivity index (χ4v) is 3.16. The number of carbonyl (C=O) groups is 2. The molecule has 0 saturated carbocycles. The number of rotatable bonds is 6. The summed E-state index contributed by atoms with van der Waals surface area (Å²) in [4.78, 5) is 26.4. The molecule has 0 bridgehead atoms. The molecule has 1 aromatic carbocycles. The summed E-state index contributed by atoms with van der Waals surface area (Å²) in [5, 5.41) is 20.5. The highest BCUT2D eigenvalue weighted by molar-refractivity contribution is 6.00. The maximum Gasteiger partial charge on any atom is 0.408 e. The van der Waals surface area contributed by atoms with Crippen LogP contribution in [0.1, 0.15) is 40.3 Å². The van der Waals surface area contributed by atoms with E-state index in [4.69, 9.17) is 14.2 Å². The zero-order chi connectivity index (χ0) is 24.4. The van der Waals surface area contributed by atoms with Crippen LogP contribution in [0.5, 0.6) is 11.5 Å². The van der Waals surface area contributed by atoms with Crippen LogP contribution in [-0.2, 0) is 22.7 Å². The van der Waals surface area contributed by atoms with E-state index in [1.165, 1.54) is 4.90 Å². The number of anilines is 1. The SMILES string of the molecule is CN1C(=O)[C@@H](NC(=O)OC(C)(C)C)COc2ccc(OCc3cn(CC(C)(C)O)nn3)cc21. The van der Waals surface area contributed by atoms with E-state index in [-0.39, 0.29) is 19.1 Å². The minimum Gasteiger partial charge on any atom is -0.489 e. The normalized spacial score (nSPS) is 16.5. The van der Waals surface area contributed by atoms with E-state index in [1.54, 1.807) is 70.7 Å². The van der Waals surface area contributed by atoms with Gasteiger partial charge in [-0.2, -0.15) is 0 Å². The van der Waals surface area contributed by atoms with Crippen LogP contribution in [0.25, 0.3) is 0 Å². The number of likely N-dealkylation sites (N-methyl/N-ethyl adjacent to an activating group) is 1. The summed E-state index contributed by atoms with van der Waals surface area (Å²) in [7, 11) is 1.60. The molecule has 11 heteroatoms. The van der Waals surface area contributed by atoms with E-state index in [1.807, 2.05) is 0 Å². The molecular weight excluding hydrogens is 430 g/mol. The third kappa shape index (κ3) is 6.82. The number of nitrogens with one attached hydrogen (secondary N) is 1. The van der Waals surface area contributed by atoms with Crippen LogP contribution >= 0.6 is 0 Å². The Morgan fingerprint density at radius 1 is 1.30 bits per heavy atom. The summed E-state index contributed by atoms with van der Waals surface area (Å²) in [5.74, 6) is 0.654. The average Bonchev–Trinajstić information content (AvgIpc) is 3.08. The molecule has 0 unspecified atom stereocenters. The van der Waals surface area contributed by atoms with Crippen molar-refractivity contribution in [1.29, 1.82) is 0 Å². The zero-order valence-electron chi connectivity index (χ0n) is 19.8. The molecule has 0 radical (unpaired) electrons. The van der Waals surface area contributed by atoms with Gasteiger partial charge in [-0.3, -0.25) is 4.79 Å². The van der Waals surface area contributed by atoms with Gasteiger partial charge in [-0.15, -0.1) is 5.10 Å². The van der Waals surface area contributed by atoms with Crippen molar-refractivity contribution in [2.75, 3.05) is 18.6 Å². The summed E-state index contributed by atoms with van der Waals surface area (Å²) in [5.41, 5.74) is -0.483. The number of hydrogen-bond donors (Lipinski definition) is 2. The Balaban J connectivity index is 1.65. The van der Waals surface area contributed by atoms with Crippen molar-refractivity contribution in [3.8, 4) is 11.5 Å². The first-order chi connectivity index (χ1) is 15.3. The molecule has 0 fully saturated rings. The van der Waals surface area contributed by atoms with Crippen molar-refractivity contribution in [2.45, 2.75) is 65.0 Å². The van der Waals surface area contributed by atoms with Gasteiger partial charge in [-0.25, -0.2) is 9.48 Å². The first-order valence-corrected chi connectivity index (χ1v) is 10.6. The first-order valence-electron chi connectivity index (χ1n) is 10.6. The Morgan fingerprint density at radius 2 is 2.03 bits per heavy atom. The van der Waals surface area contributed by atoms with E-state index in [0.29, 0.717) is 29.4 Å². The van der Waals surface area contributed by atoms with Crippen LogP contribution in [0, 0.1) is 0 Å². The lowest BCUT2D eigenvalue weighted by Gasteiger charge is -2.23. The van der Waals surface area contributed by atoms with Crippen LogP contribution in [0.3, 0.4) is 0 Å². The number of carbonyl (C=O) groups excluding carboxylic acids is 2. The molecule has 0 spiro atoms. The van der Waals surface area contributed by atoms with E-state index in [9.17, 15) is 14.7 Å².